The summed E-state index contributed by atoms with van der Waals surface area (Å²) in [5.41, 5.74) is 3.21. The van der Waals surface area contributed by atoms with Gasteiger partial charge in [0, 0.05) is 6.54 Å². The molecule has 0 aromatic heterocycles. The Morgan fingerprint density at radius 2 is 2.17 bits per heavy atom. The second-order valence-corrected chi connectivity index (χ2v) is 2.47. The zero-order valence-electron chi connectivity index (χ0n) is 7.08. The third-order valence-corrected chi connectivity index (χ3v) is 1.70. The first-order chi connectivity index (χ1) is 5.88. The van der Waals surface area contributed by atoms with Crippen LogP contribution in [-0.4, -0.2) is 18.9 Å². The fourth-order valence-corrected chi connectivity index (χ4v) is 1.10. The van der Waals surface area contributed by atoms with Gasteiger partial charge in [-0.3, -0.25) is 0 Å². The number of methoxy groups -OCH3 is 1. The highest BCUT2D eigenvalue weighted by atomic mass is 16.5. The van der Waals surface area contributed by atoms with Crippen molar-refractivity contribution in [1.82, 2.24) is 5.48 Å². The summed E-state index contributed by atoms with van der Waals surface area (Å²) in [6, 6.07) is 7.77. The summed E-state index contributed by atoms with van der Waals surface area (Å²) >= 11 is 0. The molecule has 3 nitrogen and oxygen atoms in total. The molecule has 0 saturated heterocycles. The summed E-state index contributed by atoms with van der Waals surface area (Å²) in [6.45, 7) is 0.542. The number of rotatable bonds is 4. The average molecular weight is 167 g/mol. The minimum Gasteiger partial charge on any atom is -0.496 e. The molecule has 1 rings (SSSR count). The van der Waals surface area contributed by atoms with E-state index in [-0.39, 0.29) is 0 Å². The highest BCUT2D eigenvalue weighted by Gasteiger charge is 1.99. The topological polar surface area (TPSA) is 41.5 Å². The van der Waals surface area contributed by atoms with Crippen molar-refractivity contribution in [3.63, 3.8) is 0 Å². The predicted molar refractivity (Wildman–Crippen MR) is 46.5 cm³/mol. The zero-order chi connectivity index (χ0) is 8.81. The Morgan fingerprint density at radius 1 is 1.42 bits per heavy atom. The lowest BCUT2D eigenvalue weighted by Crippen LogP contribution is -2.11. The van der Waals surface area contributed by atoms with Crippen molar-refractivity contribution in [2.24, 2.45) is 0 Å². The first-order valence-electron chi connectivity index (χ1n) is 3.87. The molecule has 0 spiro atoms. The highest BCUT2D eigenvalue weighted by molar-refractivity contribution is 5.33. The van der Waals surface area contributed by atoms with Crippen LogP contribution in [0.3, 0.4) is 0 Å². The number of ether oxygens (including phenoxy) is 1. The van der Waals surface area contributed by atoms with Crippen molar-refractivity contribution in [3.8, 4) is 5.75 Å². The van der Waals surface area contributed by atoms with E-state index in [4.69, 9.17) is 9.94 Å². The Bertz CT molecular complexity index is 238. The molecule has 3 heteroatoms. The number of para-hydroxylation sites is 1. The lowest BCUT2D eigenvalue weighted by Gasteiger charge is -2.06. The van der Waals surface area contributed by atoms with Crippen LogP contribution in [0, 0.1) is 0 Å². The second kappa shape index (κ2) is 4.74. The summed E-state index contributed by atoms with van der Waals surface area (Å²) in [7, 11) is 1.64. The Morgan fingerprint density at radius 3 is 2.83 bits per heavy atom. The molecule has 0 aliphatic heterocycles. The smallest absolute Gasteiger partial charge is 0.122 e. The van der Waals surface area contributed by atoms with Crippen LogP contribution in [-0.2, 0) is 6.42 Å². The number of hydrogen-bond acceptors (Lipinski definition) is 3. The average Bonchev–Trinajstić information content (AvgIpc) is 2.15. The van der Waals surface area contributed by atoms with E-state index < -0.39 is 0 Å². The molecular formula is C9H13NO2. The molecule has 0 atom stereocenters. The molecule has 2 N–H and O–H groups in total. The molecule has 0 saturated carbocycles. The second-order valence-electron chi connectivity index (χ2n) is 2.47. The normalized spacial score (nSPS) is 9.83. The van der Waals surface area contributed by atoms with Gasteiger partial charge in [0.1, 0.15) is 5.75 Å². The van der Waals surface area contributed by atoms with Crippen molar-refractivity contribution in [2.45, 2.75) is 6.42 Å². The fraction of sp³-hybridized carbons (Fsp3) is 0.333. The van der Waals surface area contributed by atoms with E-state index in [1.54, 1.807) is 7.11 Å². The highest BCUT2D eigenvalue weighted by Crippen LogP contribution is 2.16. The van der Waals surface area contributed by atoms with E-state index >= 15 is 0 Å². The van der Waals surface area contributed by atoms with E-state index in [0.29, 0.717) is 6.54 Å². The lowest BCUT2D eigenvalue weighted by molar-refractivity contribution is 0.168. The number of hydrogen-bond donors (Lipinski definition) is 2. The molecule has 1 aromatic rings. The van der Waals surface area contributed by atoms with Crippen molar-refractivity contribution in [1.29, 1.82) is 0 Å². The predicted octanol–water partition coefficient (Wildman–Crippen LogP) is 1.22. The van der Waals surface area contributed by atoms with Gasteiger partial charge in [-0.25, -0.2) is 5.48 Å². The van der Waals surface area contributed by atoms with Crippen LogP contribution in [0.4, 0.5) is 0 Å². The van der Waals surface area contributed by atoms with Gasteiger partial charge >= 0.3 is 0 Å². The summed E-state index contributed by atoms with van der Waals surface area (Å²) < 4.78 is 5.13. The van der Waals surface area contributed by atoms with Crippen LogP contribution in [0.15, 0.2) is 24.3 Å². The third-order valence-electron chi connectivity index (χ3n) is 1.70. The van der Waals surface area contributed by atoms with Crippen molar-refractivity contribution < 1.29 is 9.94 Å². The Balaban J connectivity index is 2.68. The van der Waals surface area contributed by atoms with E-state index in [9.17, 15) is 0 Å². The van der Waals surface area contributed by atoms with Crippen LogP contribution in [0.25, 0.3) is 0 Å². The Kier molecular flexibility index (Phi) is 3.57. The summed E-state index contributed by atoms with van der Waals surface area (Å²) in [5.74, 6) is 0.868. The molecule has 0 unspecified atom stereocenters. The summed E-state index contributed by atoms with van der Waals surface area (Å²) in [5, 5.41) is 8.40. The van der Waals surface area contributed by atoms with Gasteiger partial charge in [0.2, 0.25) is 0 Å². The molecular weight excluding hydrogens is 154 g/mol. The molecule has 1 aromatic carbocycles. The summed E-state index contributed by atoms with van der Waals surface area (Å²) in [4.78, 5) is 0. The molecule has 0 bridgehead atoms. The van der Waals surface area contributed by atoms with E-state index in [0.717, 1.165) is 17.7 Å². The van der Waals surface area contributed by atoms with Gasteiger partial charge < -0.3 is 9.94 Å². The molecule has 66 valence electrons. The van der Waals surface area contributed by atoms with Gasteiger partial charge in [-0.2, -0.15) is 0 Å². The van der Waals surface area contributed by atoms with Crippen LogP contribution in [0.5, 0.6) is 5.75 Å². The number of hydroxylamine groups is 1. The van der Waals surface area contributed by atoms with Gasteiger partial charge in [-0.05, 0) is 18.1 Å². The zero-order valence-corrected chi connectivity index (χ0v) is 7.08. The molecule has 0 aliphatic rings. The van der Waals surface area contributed by atoms with Crippen LogP contribution in [0.2, 0.25) is 0 Å². The minimum absolute atomic E-state index is 0.542. The molecule has 0 heterocycles. The molecule has 0 aliphatic carbocycles. The Labute approximate surface area is 71.9 Å². The molecule has 12 heavy (non-hydrogen) atoms. The maximum absolute atomic E-state index is 8.40. The summed E-state index contributed by atoms with van der Waals surface area (Å²) in [6.07, 6.45) is 0.764. The van der Waals surface area contributed by atoms with Crippen LogP contribution in [0.1, 0.15) is 5.56 Å². The largest absolute Gasteiger partial charge is 0.496 e. The van der Waals surface area contributed by atoms with Gasteiger partial charge in [0.15, 0.2) is 0 Å². The van der Waals surface area contributed by atoms with Gasteiger partial charge in [-0.15, -0.1) is 0 Å². The maximum atomic E-state index is 8.40. The van der Waals surface area contributed by atoms with E-state index in [1.807, 2.05) is 24.3 Å². The first kappa shape index (κ1) is 9.03. The Hall–Kier alpha value is -1.06. The number of nitrogens with one attached hydrogen (secondary N) is 1. The lowest BCUT2D eigenvalue weighted by atomic mass is 10.1. The van der Waals surface area contributed by atoms with Crippen molar-refractivity contribution in [2.75, 3.05) is 13.7 Å². The quantitative estimate of drug-likeness (QED) is 0.662. The maximum Gasteiger partial charge on any atom is 0.122 e. The number of benzene rings is 1. The van der Waals surface area contributed by atoms with Crippen molar-refractivity contribution in [3.05, 3.63) is 29.8 Å². The molecule has 0 fully saturated rings. The van der Waals surface area contributed by atoms with E-state index in [1.165, 1.54) is 0 Å². The van der Waals surface area contributed by atoms with Crippen LogP contribution >= 0.6 is 0 Å². The molecule has 0 radical (unpaired) electrons. The van der Waals surface area contributed by atoms with E-state index in [2.05, 4.69) is 5.48 Å². The monoisotopic (exact) mass is 167 g/mol. The molecule has 0 amide bonds. The standard InChI is InChI=1S/C9H13NO2/c1-12-9-5-3-2-4-8(9)6-7-10-11/h2-5,10-11H,6-7H2,1H3. The SMILES string of the molecule is COc1ccccc1CCNO. The van der Waals surface area contributed by atoms with Crippen molar-refractivity contribution >= 4 is 0 Å². The van der Waals surface area contributed by atoms with Gasteiger partial charge in [0.25, 0.3) is 0 Å². The first-order valence-corrected chi connectivity index (χ1v) is 3.87. The fourth-order valence-electron chi connectivity index (χ4n) is 1.10. The van der Waals surface area contributed by atoms with Crippen LogP contribution < -0.4 is 10.2 Å². The minimum atomic E-state index is 0.542. The third kappa shape index (κ3) is 2.22. The van der Waals surface area contributed by atoms with Gasteiger partial charge in [-0.1, -0.05) is 18.2 Å². The van der Waals surface area contributed by atoms with Gasteiger partial charge in [0.05, 0.1) is 7.11 Å².